The number of ether oxygens (including phenoxy) is 2. The highest BCUT2D eigenvalue weighted by molar-refractivity contribution is 4.84. The maximum atomic E-state index is 5.35. The van der Waals surface area contributed by atoms with E-state index in [9.17, 15) is 0 Å². The fraction of sp³-hybridized carbons (Fsp3) is 1.00. The van der Waals surface area contributed by atoms with Gasteiger partial charge in [0.15, 0.2) is 0 Å². The Morgan fingerprint density at radius 3 is 2.64 bits per heavy atom. The van der Waals surface area contributed by atoms with Gasteiger partial charge in [-0.1, -0.05) is 0 Å². The monoisotopic (exact) mass is 201 g/mol. The molecular weight excluding hydrogens is 178 g/mol. The van der Waals surface area contributed by atoms with Crippen molar-refractivity contribution in [3.63, 3.8) is 0 Å². The Balaban J connectivity index is 2.03. The second-order valence-electron chi connectivity index (χ2n) is 4.30. The van der Waals surface area contributed by atoms with Crippen LogP contribution in [-0.2, 0) is 9.47 Å². The highest BCUT2D eigenvalue weighted by Crippen LogP contribution is 2.19. The summed E-state index contributed by atoms with van der Waals surface area (Å²) in [5.41, 5.74) is 0.311. The summed E-state index contributed by atoms with van der Waals surface area (Å²) in [5.74, 6) is 0. The van der Waals surface area contributed by atoms with Crippen molar-refractivity contribution < 1.29 is 9.47 Å². The summed E-state index contributed by atoms with van der Waals surface area (Å²) in [4.78, 5) is 0. The first-order valence-electron chi connectivity index (χ1n) is 5.58. The van der Waals surface area contributed by atoms with Crippen LogP contribution in [-0.4, -0.2) is 39.0 Å². The standard InChI is InChI=1S/C11H23NO2/c1-11(5-9-14-10-6-11)12-7-3-4-8-13-2/h12H,3-10H2,1-2H3. The molecule has 3 nitrogen and oxygen atoms in total. The fourth-order valence-corrected chi connectivity index (χ4v) is 1.76. The quantitative estimate of drug-likeness (QED) is 0.662. The second kappa shape index (κ2) is 6.38. The average molecular weight is 201 g/mol. The predicted octanol–water partition coefficient (Wildman–Crippen LogP) is 1.57. The smallest absolute Gasteiger partial charge is 0.0483 e. The molecule has 3 heteroatoms. The molecule has 14 heavy (non-hydrogen) atoms. The van der Waals surface area contributed by atoms with Crippen molar-refractivity contribution in [1.82, 2.24) is 5.32 Å². The van der Waals surface area contributed by atoms with E-state index in [4.69, 9.17) is 9.47 Å². The predicted molar refractivity (Wildman–Crippen MR) is 57.6 cm³/mol. The summed E-state index contributed by atoms with van der Waals surface area (Å²) in [6.45, 7) is 6.08. The Kier molecular flexibility index (Phi) is 5.45. The Hall–Kier alpha value is -0.120. The summed E-state index contributed by atoms with van der Waals surface area (Å²) in [6.07, 6.45) is 4.62. The van der Waals surface area contributed by atoms with Crippen molar-refractivity contribution in [2.45, 2.75) is 38.1 Å². The third kappa shape index (κ3) is 4.40. The zero-order valence-electron chi connectivity index (χ0n) is 9.47. The van der Waals surface area contributed by atoms with Gasteiger partial charge in [0.25, 0.3) is 0 Å². The van der Waals surface area contributed by atoms with Crippen LogP contribution in [0.3, 0.4) is 0 Å². The number of unbranched alkanes of at least 4 members (excludes halogenated alkanes) is 1. The van der Waals surface area contributed by atoms with E-state index in [1.54, 1.807) is 7.11 Å². The normalized spacial score (nSPS) is 21.0. The molecule has 0 saturated carbocycles. The van der Waals surface area contributed by atoms with Gasteiger partial charge in [0.1, 0.15) is 0 Å². The number of nitrogens with one attached hydrogen (secondary N) is 1. The topological polar surface area (TPSA) is 30.5 Å². The summed E-state index contributed by atoms with van der Waals surface area (Å²) in [6, 6.07) is 0. The molecule has 0 aliphatic carbocycles. The molecule has 1 rings (SSSR count). The highest BCUT2D eigenvalue weighted by Gasteiger charge is 2.25. The SMILES string of the molecule is COCCCCNC1(C)CCOCC1. The van der Waals surface area contributed by atoms with Gasteiger partial charge in [-0.25, -0.2) is 0 Å². The van der Waals surface area contributed by atoms with Crippen LogP contribution in [0, 0.1) is 0 Å². The van der Waals surface area contributed by atoms with E-state index in [1.165, 1.54) is 6.42 Å². The summed E-state index contributed by atoms with van der Waals surface area (Å²) < 4.78 is 10.4. The lowest BCUT2D eigenvalue weighted by Crippen LogP contribution is -2.47. The fourth-order valence-electron chi connectivity index (χ4n) is 1.76. The van der Waals surface area contributed by atoms with Crippen molar-refractivity contribution in [3.8, 4) is 0 Å². The maximum Gasteiger partial charge on any atom is 0.0483 e. The number of hydrogen-bond donors (Lipinski definition) is 1. The molecule has 0 radical (unpaired) electrons. The lowest BCUT2D eigenvalue weighted by molar-refractivity contribution is 0.0451. The number of methoxy groups -OCH3 is 1. The van der Waals surface area contributed by atoms with E-state index in [-0.39, 0.29) is 0 Å². The van der Waals surface area contributed by atoms with Gasteiger partial charge in [-0.3, -0.25) is 0 Å². The van der Waals surface area contributed by atoms with E-state index in [0.717, 1.165) is 45.6 Å². The molecule has 1 fully saturated rings. The van der Waals surface area contributed by atoms with Crippen LogP contribution in [0.25, 0.3) is 0 Å². The summed E-state index contributed by atoms with van der Waals surface area (Å²) >= 11 is 0. The van der Waals surface area contributed by atoms with Crippen molar-refractivity contribution in [1.29, 1.82) is 0 Å². The molecule has 0 aromatic carbocycles. The van der Waals surface area contributed by atoms with Crippen LogP contribution >= 0.6 is 0 Å². The van der Waals surface area contributed by atoms with Gasteiger partial charge in [-0.2, -0.15) is 0 Å². The second-order valence-corrected chi connectivity index (χ2v) is 4.30. The van der Waals surface area contributed by atoms with Crippen molar-refractivity contribution in [2.24, 2.45) is 0 Å². The Labute approximate surface area is 87.2 Å². The minimum absolute atomic E-state index is 0.311. The molecule has 1 aliphatic rings. The third-order valence-electron chi connectivity index (χ3n) is 2.92. The molecule has 0 atom stereocenters. The van der Waals surface area contributed by atoms with Crippen LogP contribution in [0.4, 0.5) is 0 Å². The molecule has 1 aliphatic heterocycles. The zero-order chi connectivity index (χ0) is 10.3. The number of rotatable bonds is 6. The number of hydrogen-bond acceptors (Lipinski definition) is 3. The molecule has 0 spiro atoms. The van der Waals surface area contributed by atoms with E-state index >= 15 is 0 Å². The lowest BCUT2D eigenvalue weighted by Gasteiger charge is -2.34. The third-order valence-corrected chi connectivity index (χ3v) is 2.92. The first-order chi connectivity index (χ1) is 6.77. The first-order valence-corrected chi connectivity index (χ1v) is 5.58. The van der Waals surface area contributed by atoms with Crippen LogP contribution < -0.4 is 5.32 Å². The maximum absolute atomic E-state index is 5.35. The van der Waals surface area contributed by atoms with Gasteiger partial charge in [0, 0.05) is 32.5 Å². The molecule has 84 valence electrons. The molecular formula is C11H23NO2. The Morgan fingerprint density at radius 1 is 1.29 bits per heavy atom. The van der Waals surface area contributed by atoms with Crippen molar-refractivity contribution >= 4 is 0 Å². The van der Waals surface area contributed by atoms with Gasteiger partial charge in [0.2, 0.25) is 0 Å². The first kappa shape index (κ1) is 12.0. The molecule has 0 amide bonds. The van der Waals surface area contributed by atoms with Gasteiger partial charge in [-0.15, -0.1) is 0 Å². The van der Waals surface area contributed by atoms with E-state index in [0.29, 0.717) is 5.54 Å². The largest absolute Gasteiger partial charge is 0.385 e. The lowest BCUT2D eigenvalue weighted by atomic mass is 9.92. The minimum Gasteiger partial charge on any atom is -0.385 e. The van der Waals surface area contributed by atoms with E-state index in [2.05, 4.69) is 12.2 Å². The van der Waals surface area contributed by atoms with Crippen molar-refractivity contribution in [2.75, 3.05) is 33.5 Å². The molecule has 1 heterocycles. The van der Waals surface area contributed by atoms with Crippen LogP contribution in [0.5, 0.6) is 0 Å². The van der Waals surface area contributed by atoms with E-state index in [1.807, 2.05) is 0 Å². The summed E-state index contributed by atoms with van der Waals surface area (Å²) in [5, 5.41) is 3.62. The van der Waals surface area contributed by atoms with Gasteiger partial charge in [-0.05, 0) is 39.2 Å². The van der Waals surface area contributed by atoms with Crippen LogP contribution in [0.1, 0.15) is 32.6 Å². The molecule has 0 bridgehead atoms. The van der Waals surface area contributed by atoms with E-state index < -0.39 is 0 Å². The average Bonchev–Trinajstić information content (AvgIpc) is 2.18. The van der Waals surface area contributed by atoms with Crippen LogP contribution in [0.2, 0.25) is 0 Å². The molecule has 0 aromatic heterocycles. The van der Waals surface area contributed by atoms with Gasteiger partial charge < -0.3 is 14.8 Å². The van der Waals surface area contributed by atoms with Crippen LogP contribution in [0.15, 0.2) is 0 Å². The Bertz CT molecular complexity index is 144. The Morgan fingerprint density at radius 2 is 2.00 bits per heavy atom. The van der Waals surface area contributed by atoms with Gasteiger partial charge >= 0.3 is 0 Å². The molecule has 0 aromatic rings. The molecule has 1 saturated heterocycles. The van der Waals surface area contributed by atoms with Gasteiger partial charge in [0.05, 0.1) is 0 Å². The minimum atomic E-state index is 0.311. The van der Waals surface area contributed by atoms with Crippen molar-refractivity contribution in [3.05, 3.63) is 0 Å². The molecule has 0 unspecified atom stereocenters. The summed E-state index contributed by atoms with van der Waals surface area (Å²) in [7, 11) is 1.76. The molecule has 1 N–H and O–H groups in total. The highest BCUT2D eigenvalue weighted by atomic mass is 16.5. The zero-order valence-corrected chi connectivity index (χ0v) is 9.47.